The lowest BCUT2D eigenvalue weighted by Gasteiger charge is -2.32. The largest absolute Gasteiger partial charge is 0.304 e. The van der Waals surface area contributed by atoms with Crippen molar-refractivity contribution in [3.05, 3.63) is 120 Å². The summed E-state index contributed by atoms with van der Waals surface area (Å²) in [5.74, 6) is 0.405. The number of benzene rings is 4. The van der Waals surface area contributed by atoms with E-state index in [0.29, 0.717) is 5.92 Å². The minimum absolute atomic E-state index is 0.405. The van der Waals surface area contributed by atoms with E-state index in [2.05, 4.69) is 100 Å². The lowest BCUT2D eigenvalue weighted by molar-refractivity contribution is 0.145. The number of likely N-dealkylation sites (N-methyl/N-ethyl adjacent to an activating group) is 1. The van der Waals surface area contributed by atoms with E-state index in [0.717, 1.165) is 32.7 Å². The third kappa shape index (κ3) is 5.31. The normalized spacial score (nSPS) is 17.7. The van der Waals surface area contributed by atoms with Crippen molar-refractivity contribution in [3.63, 3.8) is 0 Å². The molecule has 1 atom stereocenters. The Morgan fingerprint density at radius 2 is 1.50 bits per heavy atom. The summed E-state index contributed by atoms with van der Waals surface area (Å²) in [5, 5.41) is 13.0. The van der Waals surface area contributed by atoms with E-state index in [1.165, 1.54) is 74.1 Å². The Kier molecular flexibility index (Phi) is 7.45. The molecule has 5 nitrogen and oxygen atoms in total. The summed E-state index contributed by atoms with van der Waals surface area (Å²) < 4.78 is 2.12. The maximum absolute atomic E-state index is 5.02. The van der Waals surface area contributed by atoms with Crippen molar-refractivity contribution >= 4 is 32.3 Å². The molecule has 0 N–H and O–H groups in total. The number of hydrogen-bond acceptors (Lipinski definition) is 4. The van der Waals surface area contributed by atoms with Gasteiger partial charge in [0.1, 0.15) is 0 Å². The molecule has 1 saturated heterocycles. The zero-order chi connectivity index (χ0) is 28.5. The first-order chi connectivity index (χ1) is 20.6. The van der Waals surface area contributed by atoms with E-state index >= 15 is 0 Å². The average Bonchev–Trinajstić information content (AvgIpc) is 3.41. The number of rotatable bonds is 3. The molecule has 0 amide bonds. The summed E-state index contributed by atoms with van der Waals surface area (Å²) in [5.41, 5.74) is 5.61. The summed E-state index contributed by atoms with van der Waals surface area (Å²) >= 11 is 0. The highest BCUT2D eigenvalue weighted by atomic mass is 15.3. The summed E-state index contributed by atoms with van der Waals surface area (Å²) in [6, 6.07) is 30.7. The molecule has 5 heteroatoms. The molecule has 2 aromatic heterocycles. The molecule has 6 aromatic rings. The first-order valence-corrected chi connectivity index (χ1v) is 15.3. The first kappa shape index (κ1) is 26.8. The molecular weight excluding hydrogens is 514 g/mol. The third-order valence-corrected chi connectivity index (χ3v) is 9.25. The standard InChI is InChI=1S/C28H32N4.C9H7N/c1-30-14-16-32(17-15-30)19-21-18-28(29-31(21)2)27-9-5-8-23-25-11-10-20-6-3-4-7-22(20)24(25)12-13-26(23)27;1-2-4-9-7-10-6-5-8(9)3-1/h3-4,6-7,10-13,18,27H,5,8-9,14-17,19H2,1-2H3;1-7H. The molecule has 3 heterocycles. The van der Waals surface area contributed by atoms with Crippen molar-refractivity contribution < 1.29 is 0 Å². The van der Waals surface area contributed by atoms with Gasteiger partial charge in [0, 0.05) is 58.1 Å². The molecule has 1 aliphatic carbocycles. The fraction of sp³-hybridized carbons (Fsp3) is 0.297. The van der Waals surface area contributed by atoms with Gasteiger partial charge in [-0.25, -0.2) is 0 Å². The van der Waals surface area contributed by atoms with Crippen LogP contribution >= 0.6 is 0 Å². The molecule has 4 aromatic carbocycles. The monoisotopic (exact) mass is 553 g/mol. The molecule has 212 valence electrons. The van der Waals surface area contributed by atoms with Gasteiger partial charge in [-0.05, 0) is 81.9 Å². The first-order valence-electron chi connectivity index (χ1n) is 15.3. The predicted molar refractivity (Wildman–Crippen MR) is 174 cm³/mol. The van der Waals surface area contributed by atoms with Gasteiger partial charge in [-0.3, -0.25) is 14.6 Å². The third-order valence-electron chi connectivity index (χ3n) is 9.25. The molecule has 1 unspecified atom stereocenters. The van der Waals surface area contributed by atoms with Crippen LogP contribution in [0.4, 0.5) is 0 Å². The van der Waals surface area contributed by atoms with E-state index in [4.69, 9.17) is 5.10 Å². The highest BCUT2D eigenvalue weighted by molar-refractivity contribution is 6.08. The van der Waals surface area contributed by atoms with Gasteiger partial charge in [0.25, 0.3) is 0 Å². The van der Waals surface area contributed by atoms with Crippen LogP contribution in [-0.4, -0.2) is 57.8 Å². The minimum Gasteiger partial charge on any atom is -0.304 e. The number of pyridine rings is 1. The zero-order valence-electron chi connectivity index (χ0n) is 24.7. The van der Waals surface area contributed by atoms with Crippen LogP contribution in [0.5, 0.6) is 0 Å². The smallest absolute Gasteiger partial charge is 0.0702 e. The van der Waals surface area contributed by atoms with Crippen molar-refractivity contribution in [1.29, 1.82) is 0 Å². The Balaban J connectivity index is 0.000000243. The van der Waals surface area contributed by atoms with Crippen LogP contribution < -0.4 is 0 Å². The lowest BCUT2D eigenvalue weighted by Crippen LogP contribution is -2.44. The number of aromatic nitrogens is 3. The second-order valence-electron chi connectivity index (χ2n) is 11.9. The molecule has 0 spiro atoms. The van der Waals surface area contributed by atoms with Crippen LogP contribution in [0.1, 0.15) is 41.3 Å². The fourth-order valence-corrected chi connectivity index (χ4v) is 6.83. The molecule has 0 saturated carbocycles. The van der Waals surface area contributed by atoms with Gasteiger partial charge < -0.3 is 4.90 Å². The van der Waals surface area contributed by atoms with Crippen LogP contribution in [0.3, 0.4) is 0 Å². The summed E-state index contributed by atoms with van der Waals surface area (Å²) in [4.78, 5) is 8.99. The second-order valence-corrected chi connectivity index (χ2v) is 11.9. The van der Waals surface area contributed by atoms with Crippen molar-refractivity contribution in [1.82, 2.24) is 24.6 Å². The number of aryl methyl sites for hydroxylation is 2. The van der Waals surface area contributed by atoms with E-state index in [1.807, 2.05) is 30.6 Å². The molecule has 0 bridgehead atoms. The van der Waals surface area contributed by atoms with E-state index in [-0.39, 0.29) is 0 Å². The average molecular weight is 554 g/mol. The van der Waals surface area contributed by atoms with Crippen LogP contribution in [0.15, 0.2) is 97.3 Å². The van der Waals surface area contributed by atoms with Gasteiger partial charge in [0.15, 0.2) is 0 Å². The summed E-state index contributed by atoms with van der Waals surface area (Å²) in [6.45, 7) is 5.60. The molecule has 2 aliphatic rings. The zero-order valence-corrected chi connectivity index (χ0v) is 24.7. The Labute approximate surface area is 248 Å². The number of fused-ring (bicyclic) bond motifs is 6. The summed E-state index contributed by atoms with van der Waals surface area (Å²) in [6.07, 6.45) is 7.27. The van der Waals surface area contributed by atoms with Gasteiger partial charge in [0.05, 0.1) is 11.4 Å². The van der Waals surface area contributed by atoms with E-state index in [9.17, 15) is 0 Å². The maximum Gasteiger partial charge on any atom is 0.0702 e. The van der Waals surface area contributed by atoms with Crippen LogP contribution in [-0.2, 0) is 20.0 Å². The van der Waals surface area contributed by atoms with Crippen LogP contribution in [0.2, 0.25) is 0 Å². The second kappa shape index (κ2) is 11.7. The van der Waals surface area contributed by atoms with Crippen molar-refractivity contribution in [3.8, 4) is 0 Å². The minimum atomic E-state index is 0.405. The fourth-order valence-electron chi connectivity index (χ4n) is 6.83. The quantitative estimate of drug-likeness (QED) is 0.218. The van der Waals surface area contributed by atoms with Gasteiger partial charge >= 0.3 is 0 Å². The predicted octanol–water partition coefficient (Wildman–Crippen LogP) is 7.18. The van der Waals surface area contributed by atoms with Crippen molar-refractivity contribution in [2.24, 2.45) is 7.05 Å². The number of nitrogens with zero attached hydrogens (tertiary/aromatic N) is 5. The number of hydrogen-bond donors (Lipinski definition) is 0. The topological polar surface area (TPSA) is 37.2 Å². The lowest BCUT2D eigenvalue weighted by atomic mass is 9.78. The SMILES string of the molecule is CN1CCN(Cc2cc(C3CCCc4c3ccc3c4ccc4ccccc43)nn2C)CC1.c1ccc2cnccc2c1. The van der Waals surface area contributed by atoms with Crippen molar-refractivity contribution in [2.75, 3.05) is 33.2 Å². The van der Waals surface area contributed by atoms with E-state index in [1.54, 1.807) is 0 Å². The van der Waals surface area contributed by atoms with Crippen LogP contribution in [0, 0.1) is 0 Å². The van der Waals surface area contributed by atoms with Crippen molar-refractivity contribution in [2.45, 2.75) is 31.7 Å². The Hall–Kier alpha value is -4.06. The Bertz CT molecular complexity index is 1780. The van der Waals surface area contributed by atoms with E-state index < -0.39 is 0 Å². The van der Waals surface area contributed by atoms with Gasteiger partial charge in [-0.1, -0.05) is 72.8 Å². The Morgan fingerprint density at radius 1 is 0.738 bits per heavy atom. The number of piperazine rings is 1. The molecule has 8 rings (SSSR count). The molecule has 1 fully saturated rings. The van der Waals surface area contributed by atoms with Gasteiger partial charge in [-0.2, -0.15) is 5.10 Å². The molecular formula is C37H39N5. The maximum atomic E-state index is 5.02. The molecule has 1 aliphatic heterocycles. The molecule has 0 radical (unpaired) electrons. The summed E-state index contributed by atoms with van der Waals surface area (Å²) in [7, 11) is 4.33. The highest BCUT2D eigenvalue weighted by Crippen LogP contribution is 2.41. The molecule has 42 heavy (non-hydrogen) atoms. The van der Waals surface area contributed by atoms with Crippen LogP contribution in [0.25, 0.3) is 32.3 Å². The highest BCUT2D eigenvalue weighted by Gasteiger charge is 2.26. The van der Waals surface area contributed by atoms with Gasteiger partial charge in [-0.15, -0.1) is 0 Å². The Morgan fingerprint density at radius 3 is 2.33 bits per heavy atom. The van der Waals surface area contributed by atoms with Gasteiger partial charge in [0.2, 0.25) is 0 Å².